The summed E-state index contributed by atoms with van der Waals surface area (Å²) in [6.45, 7) is 4.15. The van der Waals surface area contributed by atoms with Gasteiger partial charge in [-0.2, -0.15) is 0 Å². The van der Waals surface area contributed by atoms with E-state index in [-0.39, 0.29) is 47.8 Å². The highest BCUT2D eigenvalue weighted by Gasteiger charge is 2.54. The molecule has 3 aliphatic rings. The SMILES string of the molecule is CCOC(=O)N[C@H]1CC[C@H]2[C@@H](C1)C[C@@H]1C(=O)O[C@@H](C)[C@H]1[C@@H]2/C=C/c1ccc(-c2cccc(F)c2)cn1. The summed E-state index contributed by atoms with van der Waals surface area (Å²) in [4.78, 5) is 29.2. The van der Waals surface area contributed by atoms with Crippen LogP contribution in [0.15, 0.2) is 48.7 Å². The first kappa shape index (κ1) is 24.5. The van der Waals surface area contributed by atoms with Crippen LogP contribution in [0.3, 0.4) is 0 Å². The molecule has 0 bridgehead atoms. The number of hydrogen-bond donors (Lipinski definition) is 1. The maximum absolute atomic E-state index is 13.6. The van der Waals surface area contributed by atoms with Crippen LogP contribution >= 0.6 is 0 Å². The predicted octanol–water partition coefficient (Wildman–Crippen LogP) is 5.63. The van der Waals surface area contributed by atoms with E-state index < -0.39 is 0 Å². The molecule has 1 aromatic heterocycles. The lowest BCUT2D eigenvalue weighted by molar-refractivity contribution is -0.144. The molecule has 2 heterocycles. The molecule has 36 heavy (non-hydrogen) atoms. The molecule has 5 rings (SSSR count). The van der Waals surface area contributed by atoms with E-state index in [0.717, 1.165) is 42.5 Å². The van der Waals surface area contributed by atoms with E-state index in [4.69, 9.17) is 9.47 Å². The lowest BCUT2D eigenvalue weighted by atomic mass is 9.57. The van der Waals surface area contributed by atoms with Crippen LogP contribution in [0.5, 0.6) is 0 Å². The Morgan fingerprint density at radius 1 is 1.22 bits per heavy atom. The fourth-order valence-electron chi connectivity index (χ4n) is 6.64. The molecule has 6 nitrogen and oxygen atoms in total. The van der Waals surface area contributed by atoms with Crippen LogP contribution in [0.4, 0.5) is 9.18 Å². The van der Waals surface area contributed by atoms with E-state index in [0.29, 0.717) is 18.4 Å². The van der Waals surface area contributed by atoms with Crippen molar-refractivity contribution in [2.45, 2.75) is 51.7 Å². The third kappa shape index (κ3) is 5.01. The molecule has 1 N–H and O–H groups in total. The Labute approximate surface area is 211 Å². The number of aromatic nitrogens is 1. The predicted molar refractivity (Wildman–Crippen MR) is 134 cm³/mol. The van der Waals surface area contributed by atoms with Crippen LogP contribution in [0.1, 0.15) is 45.2 Å². The summed E-state index contributed by atoms with van der Waals surface area (Å²) in [6.07, 6.45) is 9.07. The first-order valence-corrected chi connectivity index (χ1v) is 13.0. The number of allylic oxidation sites excluding steroid dienone is 1. The van der Waals surface area contributed by atoms with E-state index in [1.165, 1.54) is 12.1 Å². The van der Waals surface area contributed by atoms with Crippen LogP contribution in [-0.4, -0.2) is 35.8 Å². The van der Waals surface area contributed by atoms with Crippen LogP contribution in [0, 0.1) is 35.4 Å². The molecule has 2 aromatic rings. The summed E-state index contributed by atoms with van der Waals surface area (Å²) in [7, 11) is 0. The first-order chi connectivity index (χ1) is 17.4. The van der Waals surface area contributed by atoms with Gasteiger partial charge in [0.15, 0.2) is 0 Å². The van der Waals surface area contributed by atoms with Crippen molar-refractivity contribution < 1.29 is 23.5 Å². The monoisotopic (exact) mass is 492 g/mol. The molecule has 1 amide bonds. The van der Waals surface area contributed by atoms with Crippen molar-refractivity contribution >= 4 is 18.1 Å². The number of nitrogens with zero attached hydrogens (tertiary/aromatic N) is 1. The van der Waals surface area contributed by atoms with Gasteiger partial charge < -0.3 is 14.8 Å². The molecule has 7 atom stereocenters. The summed E-state index contributed by atoms with van der Waals surface area (Å²) in [6, 6.07) is 10.4. The maximum Gasteiger partial charge on any atom is 0.407 e. The zero-order valence-corrected chi connectivity index (χ0v) is 20.7. The maximum atomic E-state index is 13.6. The minimum atomic E-state index is -0.368. The number of cyclic esters (lactones) is 1. The van der Waals surface area contributed by atoms with Crippen LogP contribution < -0.4 is 5.32 Å². The van der Waals surface area contributed by atoms with Crippen molar-refractivity contribution in [2.24, 2.45) is 29.6 Å². The van der Waals surface area contributed by atoms with Crippen molar-refractivity contribution in [3.05, 3.63) is 60.2 Å². The van der Waals surface area contributed by atoms with Gasteiger partial charge in [0.05, 0.1) is 18.2 Å². The Morgan fingerprint density at radius 2 is 2.08 bits per heavy atom. The highest BCUT2D eigenvalue weighted by atomic mass is 19.1. The van der Waals surface area contributed by atoms with Crippen LogP contribution in [0.25, 0.3) is 17.2 Å². The van der Waals surface area contributed by atoms with Gasteiger partial charge in [0.1, 0.15) is 11.9 Å². The number of hydrogen-bond acceptors (Lipinski definition) is 5. The summed E-state index contributed by atoms with van der Waals surface area (Å²) < 4.78 is 24.3. The van der Waals surface area contributed by atoms with E-state index in [2.05, 4.69) is 16.4 Å². The highest BCUT2D eigenvalue weighted by molar-refractivity contribution is 5.75. The Bertz CT molecular complexity index is 1130. The van der Waals surface area contributed by atoms with E-state index in [9.17, 15) is 14.0 Å². The molecular formula is C29H33FN2O4. The Morgan fingerprint density at radius 3 is 2.83 bits per heavy atom. The van der Waals surface area contributed by atoms with Gasteiger partial charge >= 0.3 is 12.1 Å². The molecule has 190 valence electrons. The molecule has 1 saturated heterocycles. The lowest BCUT2D eigenvalue weighted by Gasteiger charge is -2.47. The lowest BCUT2D eigenvalue weighted by Crippen LogP contribution is -2.48. The van der Waals surface area contributed by atoms with Crippen molar-refractivity contribution in [1.82, 2.24) is 10.3 Å². The molecule has 1 aromatic carbocycles. The van der Waals surface area contributed by atoms with Crippen LogP contribution in [0.2, 0.25) is 0 Å². The Kier molecular flexibility index (Phi) is 7.08. The normalized spacial score (nSPS) is 31.4. The number of carbonyl (C=O) groups is 2. The number of amides is 1. The molecule has 2 saturated carbocycles. The summed E-state index contributed by atoms with van der Waals surface area (Å²) in [5.74, 6) is 0.629. The van der Waals surface area contributed by atoms with Gasteiger partial charge in [-0.15, -0.1) is 0 Å². The Balaban J connectivity index is 1.34. The summed E-state index contributed by atoms with van der Waals surface area (Å²) in [5, 5.41) is 3.00. The summed E-state index contributed by atoms with van der Waals surface area (Å²) in [5.41, 5.74) is 2.48. The topological polar surface area (TPSA) is 77.5 Å². The van der Waals surface area contributed by atoms with Gasteiger partial charge in [0.2, 0.25) is 0 Å². The molecule has 3 fully saturated rings. The number of fused-ring (bicyclic) bond motifs is 2. The van der Waals surface area contributed by atoms with E-state index >= 15 is 0 Å². The zero-order valence-electron chi connectivity index (χ0n) is 20.7. The number of alkyl carbamates (subject to hydrolysis) is 1. The van der Waals surface area contributed by atoms with Gasteiger partial charge in [-0.25, -0.2) is 9.18 Å². The number of halogens is 1. The highest BCUT2D eigenvalue weighted by Crippen LogP contribution is 2.53. The van der Waals surface area contributed by atoms with Gasteiger partial charge in [-0.1, -0.05) is 24.3 Å². The number of nitrogens with one attached hydrogen (secondary N) is 1. The molecule has 7 heteroatoms. The van der Waals surface area contributed by atoms with E-state index in [1.54, 1.807) is 19.2 Å². The largest absolute Gasteiger partial charge is 0.462 e. The number of benzene rings is 1. The molecular weight excluding hydrogens is 459 g/mol. The minimum absolute atomic E-state index is 0.0679. The second-order valence-corrected chi connectivity index (χ2v) is 10.3. The Hall–Kier alpha value is -3.22. The van der Waals surface area contributed by atoms with E-state index in [1.807, 2.05) is 31.2 Å². The molecule has 0 radical (unpaired) electrons. The molecule has 1 aliphatic heterocycles. The smallest absolute Gasteiger partial charge is 0.407 e. The van der Waals surface area contributed by atoms with Gasteiger partial charge in [-0.3, -0.25) is 9.78 Å². The second-order valence-electron chi connectivity index (χ2n) is 10.3. The number of carbonyl (C=O) groups excluding carboxylic acids is 2. The molecule has 0 spiro atoms. The first-order valence-electron chi connectivity index (χ1n) is 13.0. The molecule has 0 unspecified atom stereocenters. The number of rotatable bonds is 5. The fraction of sp³-hybridized carbons (Fsp3) is 0.483. The third-order valence-electron chi connectivity index (χ3n) is 8.18. The van der Waals surface area contributed by atoms with Crippen molar-refractivity contribution in [3.63, 3.8) is 0 Å². The van der Waals surface area contributed by atoms with Crippen molar-refractivity contribution in [3.8, 4) is 11.1 Å². The minimum Gasteiger partial charge on any atom is -0.462 e. The third-order valence-corrected chi connectivity index (χ3v) is 8.18. The van der Waals surface area contributed by atoms with Gasteiger partial charge in [0.25, 0.3) is 0 Å². The standard InChI is InChI=1S/C29H33FN2O4/c1-3-35-29(34)32-23-10-11-24-20(14-23)15-26-27(17(2)36-28(26)33)25(24)12-9-22-8-7-19(16-31-22)18-5-4-6-21(30)13-18/h4-9,12-13,16-17,20,23-27H,3,10-11,14-15H2,1-2H3,(H,32,34)/b12-9+/t17-,20-,23-,24-,25+,26-,27-/m0/s1. The average Bonchev–Trinajstić information content (AvgIpc) is 3.15. The molecule has 2 aliphatic carbocycles. The second kappa shape index (κ2) is 10.4. The average molecular weight is 493 g/mol. The van der Waals surface area contributed by atoms with Crippen LogP contribution in [-0.2, 0) is 14.3 Å². The van der Waals surface area contributed by atoms with Gasteiger partial charge in [-0.05, 0) is 87.1 Å². The van der Waals surface area contributed by atoms with Crippen molar-refractivity contribution in [1.29, 1.82) is 0 Å². The van der Waals surface area contributed by atoms with Crippen molar-refractivity contribution in [2.75, 3.05) is 6.61 Å². The summed E-state index contributed by atoms with van der Waals surface area (Å²) >= 11 is 0. The number of pyridine rings is 1. The quantitative estimate of drug-likeness (QED) is 0.548. The fourth-order valence-corrected chi connectivity index (χ4v) is 6.64. The number of esters is 1. The zero-order chi connectivity index (χ0) is 25.2. The van der Waals surface area contributed by atoms with Gasteiger partial charge in [0, 0.05) is 23.7 Å². The number of ether oxygens (including phenoxy) is 2.